The Bertz CT molecular complexity index is 3690. The minimum Gasteiger partial charge on any atom is -0.455 e. The average Bonchev–Trinajstić information content (AvgIpc) is 3.93. The van der Waals surface area contributed by atoms with Gasteiger partial charge >= 0.3 is 0 Å². The van der Waals surface area contributed by atoms with Crippen LogP contribution in [0, 0.1) is 0 Å². The topological polar surface area (TPSA) is 19.6 Å². The van der Waals surface area contributed by atoms with Gasteiger partial charge < -0.3 is 14.2 Å². The molecule has 0 fully saturated rings. The predicted molar refractivity (Wildman–Crippen MR) is 273 cm³/mol. The van der Waals surface area contributed by atoms with E-state index in [1.54, 1.807) is 0 Å². The maximum atomic E-state index is 6.46. The summed E-state index contributed by atoms with van der Waals surface area (Å²) in [6.45, 7) is 0. The molecule has 3 heteroatoms. The van der Waals surface area contributed by atoms with Gasteiger partial charge in [-0.15, -0.1) is 0 Å². The Labute approximate surface area is 378 Å². The fourth-order valence-electron chi connectivity index (χ4n) is 10.6. The van der Waals surface area contributed by atoms with Crippen LogP contribution in [0.4, 0.5) is 28.4 Å². The molecule has 1 aliphatic carbocycles. The Morgan fingerprint density at radius 1 is 0.385 bits per heavy atom. The van der Waals surface area contributed by atoms with E-state index in [0.29, 0.717) is 5.92 Å². The van der Waals surface area contributed by atoms with Crippen molar-refractivity contribution >= 4 is 71.9 Å². The number of hydrogen-bond donors (Lipinski definition) is 0. The number of benzene rings is 10. The lowest BCUT2D eigenvalue weighted by Crippen LogP contribution is -2.28. The normalized spacial score (nSPS) is 15.2. The number of fused-ring (bicyclic) bond motifs is 9. The van der Waals surface area contributed by atoms with Crippen molar-refractivity contribution in [2.75, 3.05) is 9.80 Å². The Balaban J connectivity index is 0.914. The molecule has 0 saturated carbocycles. The zero-order chi connectivity index (χ0) is 42.8. The molecule has 1 aromatic heterocycles. The van der Waals surface area contributed by atoms with Gasteiger partial charge in [-0.25, -0.2) is 0 Å². The largest absolute Gasteiger partial charge is 0.455 e. The highest BCUT2D eigenvalue weighted by Crippen LogP contribution is 2.51. The summed E-state index contributed by atoms with van der Waals surface area (Å²) >= 11 is 0. The van der Waals surface area contributed by atoms with E-state index in [4.69, 9.17) is 4.42 Å². The molecule has 0 saturated heterocycles. The van der Waals surface area contributed by atoms with Crippen LogP contribution in [0.5, 0.6) is 0 Å². The molecule has 0 N–H and O–H groups in total. The van der Waals surface area contributed by atoms with Crippen LogP contribution in [0.2, 0.25) is 0 Å². The van der Waals surface area contributed by atoms with Gasteiger partial charge in [0.1, 0.15) is 11.2 Å². The number of allylic oxidation sites excluding steroid dienone is 2. The van der Waals surface area contributed by atoms with Gasteiger partial charge in [0.2, 0.25) is 0 Å². The highest BCUT2D eigenvalue weighted by atomic mass is 16.3. The summed E-state index contributed by atoms with van der Waals surface area (Å²) in [5.74, 6) is 0.318. The van der Waals surface area contributed by atoms with Crippen molar-refractivity contribution < 1.29 is 4.42 Å². The van der Waals surface area contributed by atoms with Crippen LogP contribution in [-0.2, 0) is 0 Å². The van der Waals surface area contributed by atoms with E-state index in [1.165, 1.54) is 55.2 Å². The molecule has 10 aromatic carbocycles. The third-order valence-electron chi connectivity index (χ3n) is 13.6. The van der Waals surface area contributed by atoms with Crippen LogP contribution in [0.25, 0.3) is 76.9 Å². The first-order valence-electron chi connectivity index (χ1n) is 22.5. The summed E-state index contributed by atoms with van der Waals surface area (Å²) in [6.07, 6.45) is 9.08. The van der Waals surface area contributed by atoms with Crippen molar-refractivity contribution in [1.29, 1.82) is 0 Å². The van der Waals surface area contributed by atoms with Gasteiger partial charge in [0.05, 0.1) is 6.04 Å². The third kappa shape index (κ3) is 6.12. The number of furan rings is 1. The number of anilines is 5. The van der Waals surface area contributed by atoms with Crippen molar-refractivity contribution in [3.05, 3.63) is 248 Å². The van der Waals surface area contributed by atoms with E-state index in [0.717, 1.165) is 55.7 Å². The van der Waals surface area contributed by atoms with Gasteiger partial charge in [-0.1, -0.05) is 188 Å². The zero-order valence-electron chi connectivity index (χ0n) is 35.6. The molecule has 0 spiro atoms. The summed E-state index contributed by atoms with van der Waals surface area (Å²) in [5, 5.41) is 7.20. The molecule has 65 heavy (non-hydrogen) atoms. The standard InChI is InChI=1S/C62H42N2O/c1-2-16-49-41(14-1)28-29-44-34-39-47(40-57(44)49)63(46-37-32-43(33-38-46)50-22-13-23-56-55-21-8-12-27-61(55)65-62(50)56)45-35-30-42(31-36-45)48-15-3-4-17-51(48)52-18-5-9-24-58(52)64-59-25-10-6-19-53(59)54-20-7-11-26-60(54)64/h1-40,53,59H. The molecular weight excluding hydrogens is 789 g/mol. The molecule has 2 aliphatic rings. The molecule has 0 radical (unpaired) electrons. The molecule has 11 aromatic rings. The number of rotatable bonds is 7. The minimum atomic E-state index is 0.220. The van der Waals surface area contributed by atoms with Gasteiger partial charge in [-0.2, -0.15) is 0 Å². The third-order valence-corrected chi connectivity index (χ3v) is 13.6. The number of nitrogens with zero attached hydrogens (tertiary/aromatic N) is 2. The fourth-order valence-corrected chi connectivity index (χ4v) is 10.6. The first-order chi connectivity index (χ1) is 32.2. The van der Waals surface area contributed by atoms with Crippen molar-refractivity contribution in [3.63, 3.8) is 0 Å². The molecule has 0 amide bonds. The molecule has 306 valence electrons. The maximum Gasteiger partial charge on any atom is 0.143 e. The first-order valence-corrected chi connectivity index (χ1v) is 22.5. The van der Waals surface area contributed by atoms with Crippen LogP contribution in [0.3, 0.4) is 0 Å². The molecule has 2 unspecified atom stereocenters. The van der Waals surface area contributed by atoms with Crippen molar-refractivity contribution in [1.82, 2.24) is 0 Å². The fraction of sp³-hybridized carbons (Fsp3) is 0.0323. The van der Waals surface area contributed by atoms with E-state index < -0.39 is 0 Å². The van der Waals surface area contributed by atoms with E-state index >= 15 is 0 Å². The lowest BCUT2D eigenvalue weighted by molar-refractivity contribution is 0.670. The van der Waals surface area contributed by atoms with Crippen LogP contribution < -0.4 is 9.80 Å². The van der Waals surface area contributed by atoms with Crippen LogP contribution in [-0.4, -0.2) is 6.04 Å². The predicted octanol–water partition coefficient (Wildman–Crippen LogP) is 17.1. The molecular formula is C62H42N2O. The summed E-state index contributed by atoms with van der Waals surface area (Å²) in [7, 11) is 0. The van der Waals surface area contributed by atoms with Crippen molar-refractivity contribution in [2.24, 2.45) is 0 Å². The molecule has 3 nitrogen and oxygen atoms in total. The smallest absolute Gasteiger partial charge is 0.143 e. The quantitative estimate of drug-likeness (QED) is 0.149. The average molecular weight is 831 g/mol. The van der Waals surface area contributed by atoms with Gasteiger partial charge in [0.25, 0.3) is 0 Å². The Morgan fingerprint density at radius 2 is 0.954 bits per heavy atom. The lowest BCUT2D eigenvalue weighted by atomic mass is 9.90. The second kappa shape index (κ2) is 15.1. The Morgan fingerprint density at radius 3 is 1.77 bits per heavy atom. The van der Waals surface area contributed by atoms with E-state index in [1.807, 2.05) is 12.1 Å². The summed E-state index contributed by atoms with van der Waals surface area (Å²) in [5.41, 5.74) is 15.9. The van der Waals surface area contributed by atoms with Gasteiger partial charge in [-0.05, 0) is 104 Å². The summed E-state index contributed by atoms with van der Waals surface area (Å²) in [4.78, 5) is 4.92. The number of para-hydroxylation sites is 4. The van der Waals surface area contributed by atoms with Gasteiger partial charge in [0.15, 0.2) is 0 Å². The minimum absolute atomic E-state index is 0.220. The van der Waals surface area contributed by atoms with E-state index in [-0.39, 0.29) is 6.04 Å². The molecule has 0 bridgehead atoms. The van der Waals surface area contributed by atoms with Crippen LogP contribution in [0.1, 0.15) is 11.5 Å². The lowest BCUT2D eigenvalue weighted by Gasteiger charge is -2.31. The highest BCUT2D eigenvalue weighted by molar-refractivity contribution is 6.10. The summed E-state index contributed by atoms with van der Waals surface area (Å²) in [6, 6.07) is 79.6. The van der Waals surface area contributed by atoms with Crippen molar-refractivity contribution in [3.8, 4) is 33.4 Å². The van der Waals surface area contributed by atoms with Crippen molar-refractivity contribution in [2.45, 2.75) is 12.0 Å². The van der Waals surface area contributed by atoms with Gasteiger partial charge in [-0.3, -0.25) is 0 Å². The van der Waals surface area contributed by atoms with Crippen LogP contribution in [0.15, 0.2) is 247 Å². The van der Waals surface area contributed by atoms with Crippen LogP contribution >= 0.6 is 0 Å². The van der Waals surface area contributed by atoms with E-state index in [2.05, 4.69) is 240 Å². The molecule has 2 atom stereocenters. The SMILES string of the molecule is C1=CC2c3ccccc3N(c3ccccc3-c3ccccc3-c3ccc(N(c4ccc(-c5cccc6c5oc5ccccc56)cc4)c4ccc5ccc6ccccc6c5c4)cc3)C2C=C1. The summed E-state index contributed by atoms with van der Waals surface area (Å²) < 4.78 is 6.46. The highest BCUT2D eigenvalue weighted by Gasteiger charge is 2.38. The van der Waals surface area contributed by atoms with E-state index in [9.17, 15) is 0 Å². The number of hydrogen-bond acceptors (Lipinski definition) is 3. The molecule has 2 heterocycles. The Kier molecular flexibility index (Phi) is 8.67. The maximum absolute atomic E-state index is 6.46. The molecule has 1 aliphatic heterocycles. The second-order valence-corrected chi connectivity index (χ2v) is 17.2. The zero-order valence-corrected chi connectivity index (χ0v) is 35.6. The second-order valence-electron chi connectivity index (χ2n) is 17.2. The first kappa shape index (κ1) is 37.2. The monoisotopic (exact) mass is 830 g/mol. The molecule has 13 rings (SSSR count). The van der Waals surface area contributed by atoms with Gasteiger partial charge in [0, 0.05) is 56.3 Å². The Hall–Kier alpha value is -8.40.